The molecule has 2 aromatic carbocycles. The van der Waals surface area contributed by atoms with Crippen molar-refractivity contribution in [3.8, 4) is 28.6 Å². The number of hydrogen-bond acceptors (Lipinski definition) is 8. The molecule has 47 heavy (non-hydrogen) atoms. The van der Waals surface area contributed by atoms with Gasteiger partial charge in [0.25, 0.3) is 5.92 Å². The number of alkyl halides is 2. The van der Waals surface area contributed by atoms with Gasteiger partial charge in [-0.3, -0.25) is 0 Å². The lowest BCUT2D eigenvalue weighted by Crippen LogP contribution is -2.41. The molecule has 0 aliphatic carbocycles. The summed E-state index contributed by atoms with van der Waals surface area (Å²) in [6.45, 7) is 2.10. The van der Waals surface area contributed by atoms with Crippen molar-refractivity contribution in [1.29, 1.82) is 0 Å². The Hall–Kier alpha value is -5.04. The summed E-state index contributed by atoms with van der Waals surface area (Å²) in [6, 6.07) is 13.9. The van der Waals surface area contributed by atoms with Crippen molar-refractivity contribution >= 4 is 28.1 Å². The molecule has 246 valence electrons. The number of nitrogens with one attached hydrogen (secondary N) is 2. The van der Waals surface area contributed by atoms with Crippen LogP contribution < -0.4 is 20.1 Å². The average molecular weight is 651 g/mol. The molecule has 6 rings (SSSR count). The number of ether oxygens (including phenoxy) is 2. The average Bonchev–Trinajstić information content (AvgIpc) is 3.37. The Kier molecular flexibility index (Phi) is 9.08. The van der Waals surface area contributed by atoms with Gasteiger partial charge in [0.1, 0.15) is 29.0 Å². The Morgan fingerprint density at radius 2 is 1.74 bits per heavy atom. The fraction of sp³-hybridized carbons (Fsp3) is 0.294. The number of aromatic nitrogens is 3. The highest BCUT2D eigenvalue weighted by Gasteiger charge is 2.33. The predicted octanol–water partition coefficient (Wildman–Crippen LogP) is 7.03. The maximum Gasteiger partial charge on any atom is 0.250 e. The van der Waals surface area contributed by atoms with Gasteiger partial charge >= 0.3 is 0 Å². The van der Waals surface area contributed by atoms with Crippen molar-refractivity contribution in [2.75, 3.05) is 51.0 Å². The van der Waals surface area contributed by atoms with Crippen LogP contribution in [0.15, 0.2) is 67.0 Å². The quantitative estimate of drug-likeness (QED) is 0.131. The zero-order valence-corrected chi connectivity index (χ0v) is 25.9. The maximum absolute atomic E-state index is 14.9. The molecule has 3 N–H and O–H groups in total. The minimum absolute atomic E-state index is 0.0311. The molecule has 1 aliphatic rings. The monoisotopic (exact) mass is 650 g/mol. The zero-order chi connectivity index (χ0) is 33.1. The first kappa shape index (κ1) is 31.9. The molecule has 0 amide bonds. The Morgan fingerprint density at radius 1 is 0.979 bits per heavy atom. The van der Waals surface area contributed by atoms with E-state index in [2.05, 4.69) is 20.6 Å². The van der Waals surface area contributed by atoms with Gasteiger partial charge in [-0.15, -0.1) is 0 Å². The number of methoxy groups -OCH3 is 2. The highest BCUT2D eigenvalue weighted by atomic mass is 19.3. The van der Waals surface area contributed by atoms with E-state index in [1.165, 1.54) is 19.2 Å². The molecule has 0 atom stereocenters. The number of aromatic hydroxyl groups is 1. The third kappa shape index (κ3) is 7.04. The molecule has 0 bridgehead atoms. The van der Waals surface area contributed by atoms with Crippen LogP contribution in [0.2, 0.25) is 0 Å². The molecule has 4 heterocycles. The first-order valence-corrected chi connectivity index (χ1v) is 15.1. The molecule has 1 aliphatic heterocycles. The van der Waals surface area contributed by atoms with Crippen LogP contribution in [0.5, 0.6) is 17.4 Å². The van der Waals surface area contributed by atoms with Gasteiger partial charge in [-0.1, -0.05) is 6.07 Å². The van der Waals surface area contributed by atoms with E-state index in [1.54, 1.807) is 48.3 Å². The molecule has 13 heteroatoms. The van der Waals surface area contributed by atoms with Crippen molar-refractivity contribution in [3.63, 3.8) is 0 Å². The maximum atomic E-state index is 14.9. The standard InChI is InChI=1S/C34H34F4N6O3/c1-46-23-8-6-21(29(16-23)47-2)19-44-20-28-32(33(44)45)27(17-26(41-28)31-24(35)4-3-5-25(31)36)42-30-9-7-22(18-40-30)39-12-15-43-13-10-34(37,38)11-14-43/h3-9,16-18,20,39,45H,10-15,19H2,1-2H3,(H,40,42). The molecular weight excluding hydrogens is 616 g/mol. The van der Waals surface area contributed by atoms with Gasteiger partial charge < -0.3 is 34.7 Å². The topological polar surface area (TPSA) is 96.7 Å². The number of nitrogens with zero attached hydrogens (tertiary/aromatic N) is 4. The summed E-state index contributed by atoms with van der Waals surface area (Å²) < 4.78 is 69.0. The van der Waals surface area contributed by atoms with Crippen LogP contribution in [0.25, 0.3) is 22.2 Å². The van der Waals surface area contributed by atoms with E-state index in [1.807, 2.05) is 11.0 Å². The van der Waals surface area contributed by atoms with Crippen LogP contribution in [0.3, 0.4) is 0 Å². The van der Waals surface area contributed by atoms with Crippen molar-refractivity contribution in [2.24, 2.45) is 0 Å². The first-order valence-electron chi connectivity index (χ1n) is 15.1. The summed E-state index contributed by atoms with van der Waals surface area (Å²) >= 11 is 0. The number of pyridine rings is 2. The Bertz CT molecular complexity index is 1850. The molecular formula is C34H34F4N6O3. The van der Waals surface area contributed by atoms with Gasteiger partial charge in [-0.2, -0.15) is 0 Å². The number of likely N-dealkylation sites (tertiary alicyclic amines) is 1. The summed E-state index contributed by atoms with van der Waals surface area (Å²) in [4.78, 5) is 11.0. The van der Waals surface area contributed by atoms with Crippen LogP contribution in [0.4, 0.5) is 34.8 Å². The third-order valence-corrected chi connectivity index (χ3v) is 8.25. The summed E-state index contributed by atoms with van der Waals surface area (Å²) in [6.07, 6.45) is 2.96. The van der Waals surface area contributed by atoms with Crippen LogP contribution in [0, 0.1) is 11.6 Å². The number of piperidine rings is 1. The van der Waals surface area contributed by atoms with Crippen molar-refractivity contribution in [1.82, 2.24) is 19.4 Å². The minimum Gasteiger partial charge on any atom is -0.497 e. The molecule has 3 aromatic heterocycles. The summed E-state index contributed by atoms with van der Waals surface area (Å²) in [5.74, 6) is -2.68. The van der Waals surface area contributed by atoms with Gasteiger partial charge in [0.05, 0.1) is 60.5 Å². The number of anilines is 3. The van der Waals surface area contributed by atoms with E-state index in [-0.39, 0.29) is 36.5 Å². The van der Waals surface area contributed by atoms with E-state index in [4.69, 9.17) is 9.47 Å². The summed E-state index contributed by atoms with van der Waals surface area (Å²) in [5, 5.41) is 18.2. The summed E-state index contributed by atoms with van der Waals surface area (Å²) in [5.41, 5.74) is 1.85. The number of halogens is 4. The lowest BCUT2D eigenvalue weighted by molar-refractivity contribution is -0.0543. The molecule has 0 spiro atoms. The van der Waals surface area contributed by atoms with Crippen molar-refractivity contribution in [2.45, 2.75) is 25.3 Å². The van der Waals surface area contributed by atoms with E-state index >= 15 is 0 Å². The molecule has 9 nitrogen and oxygen atoms in total. The van der Waals surface area contributed by atoms with Crippen LogP contribution >= 0.6 is 0 Å². The Labute approximate surface area is 268 Å². The Morgan fingerprint density at radius 3 is 2.43 bits per heavy atom. The molecule has 0 saturated carbocycles. The van der Waals surface area contributed by atoms with Gasteiger partial charge in [-0.25, -0.2) is 27.5 Å². The summed E-state index contributed by atoms with van der Waals surface area (Å²) in [7, 11) is 3.09. The van der Waals surface area contributed by atoms with Crippen LogP contribution in [0.1, 0.15) is 18.4 Å². The first-order chi connectivity index (χ1) is 22.6. The molecule has 0 radical (unpaired) electrons. The van der Waals surface area contributed by atoms with E-state index in [9.17, 15) is 22.7 Å². The van der Waals surface area contributed by atoms with Gasteiger partial charge in [0.15, 0.2) is 0 Å². The van der Waals surface area contributed by atoms with E-state index in [0.717, 1.165) is 23.4 Å². The SMILES string of the molecule is COc1ccc(Cn2cc3nc(-c4c(F)cccc4F)cc(Nc4ccc(NCCN5CCC(F)(F)CC5)cn4)c3c2O)c(OC)c1. The molecule has 5 aromatic rings. The second-order valence-corrected chi connectivity index (χ2v) is 11.4. The van der Waals surface area contributed by atoms with Crippen molar-refractivity contribution in [3.05, 3.63) is 84.2 Å². The Balaban J connectivity index is 1.28. The second-order valence-electron chi connectivity index (χ2n) is 11.4. The van der Waals surface area contributed by atoms with Gasteiger partial charge in [-0.05, 0) is 42.5 Å². The fourth-order valence-corrected chi connectivity index (χ4v) is 5.67. The highest BCUT2D eigenvalue weighted by Crippen LogP contribution is 2.39. The third-order valence-electron chi connectivity index (χ3n) is 8.25. The zero-order valence-electron chi connectivity index (χ0n) is 25.9. The molecule has 1 saturated heterocycles. The lowest BCUT2D eigenvalue weighted by Gasteiger charge is -2.31. The van der Waals surface area contributed by atoms with Gasteiger partial charge in [0, 0.05) is 56.8 Å². The van der Waals surface area contributed by atoms with Crippen LogP contribution in [-0.2, 0) is 6.54 Å². The highest BCUT2D eigenvalue weighted by molar-refractivity contribution is 5.99. The van der Waals surface area contributed by atoms with Crippen LogP contribution in [-0.4, -0.2) is 70.9 Å². The lowest BCUT2D eigenvalue weighted by atomic mass is 10.1. The predicted molar refractivity (Wildman–Crippen MR) is 172 cm³/mol. The minimum atomic E-state index is -2.58. The number of fused-ring (bicyclic) bond motifs is 1. The van der Waals surface area contributed by atoms with Crippen molar-refractivity contribution < 1.29 is 32.1 Å². The molecule has 1 fully saturated rings. The largest absolute Gasteiger partial charge is 0.497 e. The molecule has 0 unspecified atom stereocenters. The normalized spacial score (nSPS) is 14.7. The fourth-order valence-electron chi connectivity index (χ4n) is 5.67. The second kappa shape index (κ2) is 13.4. The van der Waals surface area contributed by atoms with E-state index in [0.29, 0.717) is 60.1 Å². The number of benzene rings is 2. The van der Waals surface area contributed by atoms with Gasteiger partial charge in [0.2, 0.25) is 5.88 Å². The van der Waals surface area contributed by atoms with E-state index < -0.39 is 17.6 Å². The number of hydrogen-bond donors (Lipinski definition) is 3. The number of rotatable bonds is 11. The smallest absolute Gasteiger partial charge is 0.250 e.